The van der Waals surface area contributed by atoms with Crippen LogP contribution in [0.4, 0.5) is 0 Å². The molecule has 0 aromatic heterocycles. The van der Waals surface area contributed by atoms with Gasteiger partial charge in [0, 0.05) is 19.6 Å². The molecule has 0 spiro atoms. The highest BCUT2D eigenvalue weighted by Gasteiger charge is 2.71. The van der Waals surface area contributed by atoms with Crippen molar-refractivity contribution in [3.05, 3.63) is 53.6 Å². The SMILES string of the molecule is C=C(CNCCN(C)C)C1CCC2(C(=O)O)CCC3(C)C(CCC4C5(C)CC=C(c6ccc(C(=O)OC(C)(C)C)cc6)C(C)(C)C5CCC43C)C12. The third kappa shape index (κ3) is 6.16. The smallest absolute Gasteiger partial charge is 0.338 e. The van der Waals surface area contributed by atoms with E-state index in [1.807, 2.05) is 32.9 Å². The molecule has 0 saturated heterocycles. The second-order valence-corrected chi connectivity index (χ2v) is 20.1. The van der Waals surface area contributed by atoms with Gasteiger partial charge in [-0.05, 0) is 167 Å². The molecule has 0 aliphatic heterocycles. The molecule has 0 amide bonds. The zero-order chi connectivity index (χ0) is 37.4. The first-order valence-corrected chi connectivity index (χ1v) is 20.0. The van der Waals surface area contributed by atoms with Crippen molar-refractivity contribution in [1.82, 2.24) is 10.2 Å². The fourth-order valence-electron chi connectivity index (χ4n) is 13.3. The van der Waals surface area contributed by atoms with E-state index in [9.17, 15) is 14.7 Å². The number of nitrogens with zero attached hydrogens (tertiary/aromatic N) is 1. The summed E-state index contributed by atoms with van der Waals surface area (Å²) in [5, 5.41) is 14.5. The summed E-state index contributed by atoms with van der Waals surface area (Å²) in [6.07, 6.45) is 11.9. The molecule has 4 saturated carbocycles. The van der Waals surface area contributed by atoms with Crippen LogP contribution in [0.15, 0.2) is 42.5 Å². The monoisotopic (exact) mass is 701 g/mol. The second kappa shape index (κ2) is 13.1. The van der Waals surface area contributed by atoms with Crippen LogP contribution in [0.3, 0.4) is 0 Å². The fourth-order valence-corrected chi connectivity index (χ4v) is 13.3. The van der Waals surface area contributed by atoms with Crippen LogP contribution in [-0.4, -0.2) is 61.3 Å². The summed E-state index contributed by atoms with van der Waals surface area (Å²) in [4.78, 5) is 28.2. The fraction of sp³-hybridized carbons (Fsp3) is 0.733. The molecule has 0 bridgehead atoms. The Labute approximate surface area is 309 Å². The average Bonchev–Trinajstić information content (AvgIpc) is 3.44. The summed E-state index contributed by atoms with van der Waals surface area (Å²) < 4.78 is 5.63. The zero-order valence-electron chi connectivity index (χ0n) is 33.6. The molecule has 5 aliphatic rings. The lowest BCUT2D eigenvalue weighted by molar-refractivity contribution is -0.227. The molecule has 5 aliphatic carbocycles. The third-order valence-electron chi connectivity index (χ3n) is 15.9. The molecule has 4 fully saturated rings. The van der Waals surface area contributed by atoms with Crippen molar-refractivity contribution in [1.29, 1.82) is 0 Å². The summed E-state index contributed by atoms with van der Waals surface area (Å²) in [7, 11) is 4.19. The lowest BCUT2D eigenvalue weighted by Gasteiger charge is -2.72. The maximum Gasteiger partial charge on any atom is 0.338 e. The van der Waals surface area contributed by atoms with Crippen LogP contribution in [0.2, 0.25) is 0 Å². The first-order chi connectivity index (χ1) is 23.7. The number of carbonyl (C=O) groups is 2. The number of hydrogen-bond acceptors (Lipinski definition) is 5. The number of carboxylic acid groups (broad SMARTS) is 1. The predicted octanol–water partition coefficient (Wildman–Crippen LogP) is 9.51. The molecule has 1 aromatic carbocycles. The van der Waals surface area contributed by atoms with Crippen LogP contribution in [0, 0.1) is 56.7 Å². The van der Waals surface area contributed by atoms with Gasteiger partial charge >= 0.3 is 11.9 Å². The maximum atomic E-state index is 13.3. The van der Waals surface area contributed by atoms with Gasteiger partial charge in [0.05, 0.1) is 11.0 Å². The van der Waals surface area contributed by atoms with Gasteiger partial charge in [0.2, 0.25) is 0 Å². The minimum atomic E-state index is -0.616. The van der Waals surface area contributed by atoms with E-state index in [4.69, 9.17) is 4.74 Å². The first-order valence-electron chi connectivity index (χ1n) is 20.0. The molecular weight excluding hydrogens is 633 g/mol. The number of aliphatic carboxylic acids is 1. The molecule has 0 heterocycles. The topological polar surface area (TPSA) is 78.9 Å². The number of ether oxygens (including phenoxy) is 1. The highest BCUT2D eigenvalue weighted by Crippen LogP contribution is 2.77. The van der Waals surface area contributed by atoms with Crippen molar-refractivity contribution < 1.29 is 19.4 Å². The maximum absolute atomic E-state index is 13.3. The van der Waals surface area contributed by atoms with Crippen molar-refractivity contribution in [2.45, 2.75) is 119 Å². The Bertz CT molecular complexity index is 1550. The highest BCUT2D eigenvalue weighted by atomic mass is 16.6. The van der Waals surface area contributed by atoms with Crippen LogP contribution in [0.25, 0.3) is 5.57 Å². The molecule has 9 unspecified atom stereocenters. The van der Waals surface area contributed by atoms with Crippen molar-refractivity contribution in [2.75, 3.05) is 33.7 Å². The number of esters is 1. The number of fused-ring (bicyclic) bond motifs is 7. The van der Waals surface area contributed by atoms with Crippen molar-refractivity contribution in [3.63, 3.8) is 0 Å². The third-order valence-corrected chi connectivity index (χ3v) is 15.9. The van der Waals surface area contributed by atoms with Gasteiger partial charge in [0.25, 0.3) is 0 Å². The minimum absolute atomic E-state index is 0.0155. The summed E-state index contributed by atoms with van der Waals surface area (Å²) >= 11 is 0. The lowest BCUT2D eigenvalue weighted by atomic mass is 9.32. The Kier molecular flexibility index (Phi) is 9.87. The molecule has 9 atom stereocenters. The van der Waals surface area contributed by atoms with Crippen LogP contribution in [-0.2, 0) is 9.53 Å². The minimum Gasteiger partial charge on any atom is -0.481 e. The van der Waals surface area contributed by atoms with Crippen LogP contribution >= 0.6 is 0 Å². The predicted molar refractivity (Wildman–Crippen MR) is 207 cm³/mol. The normalized spacial score (nSPS) is 38.5. The molecule has 51 heavy (non-hydrogen) atoms. The molecule has 1 aromatic rings. The number of carbonyl (C=O) groups excluding carboxylic acids is 1. The van der Waals surface area contributed by atoms with Gasteiger partial charge in [-0.15, -0.1) is 0 Å². The van der Waals surface area contributed by atoms with E-state index in [2.05, 4.69) is 83.7 Å². The molecule has 282 valence electrons. The molecule has 2 N–H and O–H groups in total. The summed E-state index contributed by atoms with van der Waals surface area (Å²) in [5.74, 6) is 1.14. The van der Waals surface area contributed by atoms with E-state index < -0.39 is 17.0 Å². The molecule has 0 radical (unpaired) electrons. The van der Waals surface area contributed by atoms with Gasteiger partial charge in [0.1, 0.15) is 5.60 Å². The van der Waals surface area contributed by atoms with E-state index in [1.165, 1.54) is 36.0 Å². The van der Waals surface area contributed by atoms with Gasteiger partial charge < -0.3 is 20.1 Å². The Hall–Kier alpha value is -2.44. The molecular formula is C45H68N2O4. The Balaban J connectivity index is 1.27. The van der Waals surface area contributed by atoms with Gasteiger partial charge in [0.15, 0.2) is 0 Å². The summed E-state index contributed by atoms with van der Waals surface area (Å²) in [5.41, 5.74) is 3.70. The van der Waals surface area contributed by atoms with Crippen LogP contribution < -0.4 is 5.32 Å². The van der Waals surface area contributed by atoms with Crippen molar-refractivity contribution >= 4 is 17.5 Å². The van der Waals surface area contributed by atoms with E-state index in [0.717, 1.165) is 58.2 Å². The average molecular weight is 701 g/mol. The van der Waals surface area contributed by atoms with Gasteiger partial charge in [-0.25, -0.2) is 4.79 Å². The van der Waals surface area contributed by atoms with Crippen LogP contribution in [0.1, 0.15) is 129 Å². The number of allylic oxidation sites excluding steroid dienone is 2. The van der Waals surface area contributed by atoms with Crippen LogP contribution in [0.5, 0.6) is 0 Å². The van der Waals surface area contributed by atoms with E-state index in [1.54, 1.807) is 0 Å². The molecule has 6 heteroatoms. The van der Waals surface area contributed by atoms with E-state index >= 15 is 0 Å². The first kappa shape index (κ1) is 38.3. The van der Waals surface area contributed by atoms with Gasteiger partial charge in [-0.3, -0.25) is 4.79 Å². The van der Waals surface area contributed by atoms with Gasteiger partial charge in [-0.2, -0.15) is 0 Å². The standard InChI is InChI=1S/C45H68N2O4/c1-29(28-46-26-27-47(10)11)32-18-23-45(39(49)50)25-24-43(8)34(37(32)45)16-17-36-42(7)21-19-33(41(5,6)35(42)20-22-44(36,43)9)30-12-14-31(15-13-30)38(48)51-40(2,3)4/h12-15,19,32,34-37,46H,1,16-18,20-28H2,2-11H3,(H,49,50). The Morgan fingerprint density at radius 3 is 2.24 bits per heavy atom. The van der Waals surface area contributed by atoms with E-state index in [0.29, 0.717) is 23.3 Å². The quantitative estimate of drug-likeness (QED) is 0.152. The zero-order valence-corrected chi connectivity index (χ0v) is 33.6. The van der Waals surface area contributed by atoms with Gasteiger partial charge in [-0.1, -0.05) is 65.0 Å². The number of hydrogen-bond donors (Lipinski definition) is 2. The summed E-state index contributed by atoms with van der Waals surface area (Å²) in [6.45, 7) is 25.8. The number of benzene rings is 1. The highest BCUT2D eigenvalue weighted by molar-refractivity contribution is 5.90. The number of nitrogens with one attached hydrogen (secondary N) is 1. The molecule has 6 nitrogen and oxygen atoms in total. The molecule has 6 rings (SSSR count). The number of carboxylic acids is 1. The number of likely N-dealkylation sites (N-methyl/N-ethyl adjacent to an activating group) is 1. The largest absolute Gasteiger partial charge is 0.481 e. The summed E-state index contributed by atoms with van der Waals surface area (Å²) in [6, 6.07) is 8.10. The number of rotatable bonds is 9. The second-order valence-electron chi connectivity index (χ2n) is 20.1. The van der Waals surface area contributed by atoms with Crippen molar-refractivity contribution in [3.8, 4) is 0 Å². The lowest BCUT2D eigenvalue weighted by Crippen LogP contribution is -2.66. The Morgan fingerprint density at radius 1 is 0.922 bits per heavy atom. The van der Waals surface area contributed by atoms with E-state index in [-0.39, 0.29) is 39.5 Å². The Morgan fingerprint density at radius 2 is 1.61 bits per heavy atom. The van der Waals surface area contributed by atoms with Crippen molar-refractivity contribution in [2.24, 2.45) is 56.7 Å².